The van der Waals surface area contributed by atoms with Gasteiger partial charge in [0.05, 0.1) is 6.61 Å². The van der Waals surface area contributed by atoms with Crippen LogP contribution in [0.2, 0.25) is 18.1 Å². The standard InChI is InChI=1S/C14H22OSi/c1-8-10-13(11-9-2)12-15-16(6,7)14(3,4)5/h1,10-11H,2,12H2,3-7H3/b13-10-. The second-order valence-corrected chi connectivity index (χ2v) is 10.1. The van der Waals surface area contributed by atoms with E-state index >= 15 is 0 Å². The third-order valence-corrected chi connectivity index (χ3v) is 7.44. The number of rotatable bonds is 4. The smallest absolute Gasteiger partial charge is 0.192 e. The predicted octanol–water partition coefficient (Wildman–Crippen LogP) is 3.91. The number of hydrogen-bond acceptors (Lipinski definition) is 1. The molecule has 0 heterocycles. The Kier molecular flexibility index (Phi) is 5.54. The van der Waals surface area contributed by atoms with Crippen molar-refractivity contribution in [1.82, 2.24) is 0 Å². The third-order valence-electron chi connectivity index (χ3n) is 2.96. The van der Waals surface area contributed by atoms with Crippen LogP contribution in [0.5, 0.6) is 0 Å². The summed E-state index contributed by atoms with van der Waals surface area (Å²) in [6, 6.07) is 0. The van der Waals surface area contributed by atoms with Crippen LogP contribution in [0.15, 0.2) is 30.0 Å². The normalized spacial score (nSPS) is 12.9. The summed E-state index contributed by atoms with van der Waals surface area (Å²) in [5.41, 5.74) is 3.67. The molecule has 0 saturated carbocycles. The second-order valence-electron chi connectivity index (χ2n) is 5.28. The first-order valence-corrected chi connectivity index (χ1v) is 8.30. The minimum absolute atomic E-state index is 0.214. The topological polar surface area (TPSA) is 9.23 Å². The molecule has 2 heteroatoms. The zero-order chi connectivity index (χ0) is 12.8. The maximum Gasteiger partial charge on any atom is 0.192 e. The van der Waals surface area contributed by atoms with E-state index in [1.54, 1.807) is 12.2 Å². The molecule has 0 atom stereocenters. The van der Waals surface area contributed by atoms with Gasteiger partial charge in [-0.05, 0) is 35.9 Å². The Bertz CT molecular complexity index is 344. The minimum Gasteiger partial charge on any atom is -0.413 e. The van der Waals surface area contributed by atoms with Crippen molar-refractivity contribution in [2.24, 2.45) is 0 Å². The van der Waals surface area contributed by atoms with Crippen molar-refractivity contribution < 1.29 is 4.43 Å². The molecule has 0 saturated heterocycles. The van der Waals surface area contributed by atoms with Gasteiger partial charge < -0.3 is 4.43 Å². The molecule has 0 amide bonds. The summed E-state index contributed by atoms with van der Waals surface area (Å²) in [4.78, 5) is 0. The summed E-state index contributed by atoms with van der Waals surface area (Å²) in [7, 11) is -1.70. The van der Waals surface area contributed by atoms with Crippen LogP contribution in [0.25, 0.3) is 0 Å². The lowest BCUT2D eigenvalue weighted by Crippen LogP contribution is -2.41. The van der Waals surface area contributed by atoms with Crippen molar-refractivity contribution in [3.8, 4) is 12.3 Å². The highest BCUT2D eigenvalue weighted by Gasteiger charge is 2.36. The average Bonchev–Trinajstić information content (AvgIpc) is 2.13. The van der Waals surface area contributed by atoms with Crippen LogP contribution in [0.3, 0.4) is 0 Å². The Balaban J connectivity index is 4.62. The highest BCUT2D eigenvalue weighted by molar-refractivity contribution is 6.74. The zero-order valence-corrected chi connectivity index (χ0v) is 12.1. The minimum atomic E-state index is -1.70. The molecule has 0 aliphatic carbocycles. The lowest BCUT2D eigenvalue weighted by molar-refractivity contribution is 0.322. The quantitative estimate of drug-likeness (QED) is 0.310. The van der Waals surface area contributed by atoms with Crippen LogP contribution in [-0.4, -0.2) is 14.9 Å². The Morgan fingerprint density at radius 2 is 2.00 bits per heavy atom. The maximum atomic E-state index is 6.04. The molecule has 0 radical (unpaired) electrons. The van der Waals surface area contributed by atoms with Crippen LogP contribution in [0, 0.1) is 12.3 Å². The van der Waals surface area contributed by atoms with Crippen LogP contribution >= 0.6 is 0 Å². The van der Waals surface area contributed by atoms with Gasteiger partial charge in [0.15, 0.2) is 8.32 Å². The van der Waals surface area contributed by atoms with E-state index in [0.29, 0.717) is 6.61 Å². The van der Waals surface area contributed by atoms with Gasteiger partial charge in [0, 0.05) is 0 Å². The molecule has 0 aliphatic heterocycles. The average molecular weight is 234 g/mol. The largest absolute Gasteiger partial charge is 0.413 e. The van der Waals surface area contributed by atoms with Crippen molar-refractivity contribution in [3.05, 3.63) is 30.0 Å². The molecule has 0 fully saturated rings. The molecule has 0 aromatic carbocycles. The number of allylic oxidation sites excluding steroid dienone is 1. The zero-order valence-electron chi connectivity index (χ0n) is 11.1. The van der Waals surface area contributed by atoms with E-state index in [9.17, 15) is 0 Å². The van der Waals surface area contributed by atoms with E-state index in [4.69, 9.17) is 10.8 Å². The van der Waals surface area contributed by atoms with Crippen LogP contribution in [0.4, 0.5) is 0 Å². The molecule has 16 heavy (non-hydrogen) atoms. The van der Waals surface area contributed by atoms with E-state index < -0.39 is 8.32 Å². The Labute approximate surface area is 101 Å². The summed E-state index contributed by atoms with van der Waals surface area (Å²) in [5.74, 6) is 2.50. The first-order valence-electron chi connectivity index (χ1n) is 5.39. The van der Waals surface area contributed by atoms with E-state index in [-0.39, 0.29) is 5.04 Å². The van der Waals surface area contributed by atoms with Gasteiger partial charge in [-0.25, -0.2) is 0 Å². The summed E-state index contributed by atoms with van der Waals surface area (Å²) in [6.07, 6.45) is 8.72. The van der Waals surface area contributed by atoms with Crippen LogP contribution in [-0.2, 0) is 4.43 Å². The first kappa shape index (κ1) is 15.0. The summed E-state index contributed by atoms with van der Waals surface area (Å²) >= 11 is 0. The predicted molar refractivity (Wildman–Crippen MR) is 73.8 cm³/mol. The van der Waals surface area contributed by atoms with Crippen molar-refractivity contribution in [2.75, 3.05) is 6.61 Å². The summed E-state index contributed by atoms with van der Waals surface area (Å²) in [6.45, 7) is 15.2. The third kappa shape index (κ3) is 4.68. The monoisotopic (exact) mass is 234 g/mol. The van der Waals surface area contributed by atoms with E-state index in [1.165, 1.54) is 0 Å². The van der Waals surface area contributed by atoms with E-state index in [1.807, 2.05) is 0 Å². The Morgan fingerprint density at radius 3 is 2.38 bits per heavy atom. The highest BCUT2D eigenvalue weighted by atomic mass is 28.4. The molecule has 0 bridgehead atoms. The fraction of sp³-hybridized carbons (Fsp3) is 0.500. The Hall–Kier alpha value is -1.00. The van der Waals surface area contributed by atoms with Gasteiger partial charge in [-0.2, -0.15) is 0 Å². The summed E-state index contributed by atoms with van der Waals surface area (Å²) < 4.78 is 6.04. The molecular formula is C14H22OSi. The van der Waals surface area contributed by atoms with Gasteiger partial charge in [0.2, 0.25) is 0 Å². The molecule has 0 unspecified atom stereocenters. The summed E-state index contributed by atoms with van der Waals surface area (Å²) in [5, 5.41) is 0.214. The lowest BCUT2D eigenvalue weighted by atomic mass is 10.2. The molecular weight excluding hydrogens is 212 g/mol. The fourth-order valence-electron chi connectivity index (χ4n) is 0.843. The Morgan fingerprint density at radius 1 is 1.44 bits per heavy atom. The molecule has 0 aliphatic rings. The molecule has 0 aromatic rings. The maximum absolute atomic E-state index is 6.04. The first-order chi connectivity index (χ1) is 7.24. The van der Waals surface area contributed by atoms with Gasteiger partial charge >= 0.3 is 0 Å². The van der Waals surface area contributed by atoms with Gasteiger partial charge in [-0.15, -0.1) is 12.2 Å². The van der Waals surface area contributed by atoms with Crippen LogP contribution < -0.4 is 0 Å². The van der Waals surface area contributed by atoms with Gasteiger partial charge in [-0.1, -0.05) is 33.3 Å². The second kappa shape index (κ2) is 5.91. The molecule has 0 N–H and O–H groups in total. The molecule has 0 aromatic heterocycles. The van der Waals surface area contributed by atoms with Crippen molar-refractivity contribution in [2.45, 2.75) is 38.9 Å². The molecule has 0 rings (SSSR count). The molecule has 0 spiro atoms. The number of hydrogen-bond donors (Lipinski definition) is 0. The van der Waals surface area contributed by atoms with E-state index in [2.05, 4.69) is 52.1 Å². The molecule has 88 valence electrons. The van der Waals surface area contributed by atoms with Gasteiger partial charge in [-0.3, -0.25) is 0 Å². The molecule has 1 nitrogen and oxygen atoms in total. The van der Waals surface area contributed by atoms with Crippen molar-refractivity contribution in [1.29, 1.82) is 0 Å². The van der Waals surface area contributed by atoms with Crippen molar-refractivity contribution >= 4 is 8.32 Å². The SMILES string of the molecule is C#C/C=C(/C=C=C)CO[Si](C)(C)C(C)(C)C. The lowest BCUT2D eigenvalue weighted by Gasteiger charge is -2.36. The van der Waals surface area contributed by atoms with Crippen molar-refractivity contribution in [3.63, 3.8) is 0 Å². The van der Waals surface area contributed by atoms with Crippen LogP contribution in [0.1, 0.15) is 20.8 Å². The number of terminal acetylenes is 1. The highest BCUT2D eigenvalue weighted by Crippen LogP contribution is 2.36. The van der Waals surface area contributed by atoms with E-state index in [0.717, 1.165) is 5.57 Å². The van der Waals surface area contributed by atoms with Gasteiger partial charge in [0.25, 0.3) is 0 Å². The van der Waals surface area contributed by atoms with Gasteiger partial charge in [0.1, 0.15) is 0 Å². The fourth-order valence-corrected chi connectivity index (χ4v) is 1.80.